The highest BCUT2D eigenvalue weighted by Gasteiger charge is 2.34. The van der Waals surface area contributed by atoms with E-state index >= 15 is 0 Å². The Kier molecular flexibility index (Phi) is 4.58. The summed E-state index contributed by atoms with van der Waals surface area (Å²) in [6.45, 7) is 8.85. The van der Waals surface area contributed by atoms with Gasteiger partial charge in [-0.25, -0.2) is 0 Å². The number of ether oxygens (including phenoxy) is 1. The van der Waals surface area contributed by atoms with Crippen molar-refractivity contribution < 1.29 is 9.53 Å². The fraction of sp³-hybridized carbons (Fsp3) is 0.933. The lowest BCUT2D eigenvalue weighted by Crippen LogP contribution is -2.54. The van der Waals surface area contributed by atoms with Crippen molar-refractivity contribution in [2.75, 3.05) is 45.9 Å². The van der Waals surface area contributed by atoms with Crippen molar-refractivity contribution in [2.24, 2.45) is 5.92 Å². The number of nitrogens with zero attached hydrogens (tertiary/aromatic N) is 2. The zero-order valence-electron chi connectivity index (χ0n) is 12.5. The summed E-state index contributed by atoms with van der Waals surface area (Å²) in [5.74, 6) is 0.791. The van der Waals surface area contributed by atoms with Gasteiger partial charge in [-0.1, -0.05) is 6.92 Å². The molecule has 3 atom stereocenters. The van der Waals surface area contributed by atoms with E-state index in [0.717, 1.165) is 52.3 Å². The summed E-state index contributed by atoms with van der Waals surface area (Å²) in [6, 6.07) is 0.0553. The van der Waals surface area contributed by atoms with E-state index in [1.54, 1.807) is 0 Å². The minimum atomic E-state index is 0.0553. The molecule has 0 aromatic heterocycles. The molecule has 0 aromatic rings. The molecule has 5 nitrogen and oxygen atoms in total. The quantitative estimate of drug-likeness (QED) is 0.808. The largest absolute Gasteiger partial charge is 0.377 e. The molecule has 0 saturated carbocycles. The second-order valence-corrected chi connectivity index (χ2v) is 6.46. The van der Waals surface area contributed by atoms with Gasteiger partial charge < -0.3 is 15.0 Å². The number of hydrogen-bond acceptors (Lipinski definition) is 4. The first kappa shape index (κ1) is 14.3. The number of piperazine rings is 1. The molecule has 5 heteroatoms. The first-order chi connectivity index (χ1) is 9.74. The lowest BCUT2D eigenvalue weighted by Gasteiger charge is -2.37. The number of rotatable bonds is 3. The maximum Gasteiger partial charge on any atom is 0.240 e. The van der Waals surface area contributed by atoms with E-state index in [2.05, 4.69) is 17.1 Å². The zero-order chi connectivity index (χ0) is 13.9. The van der Waals surface area contributed by atoms with E-state index in [9.17, 15) is 4.79 Å². The molecule has 0 radical (unpaired) electrons. The number of nitrogens with one attached hydrogen (secondary N) is 1. The van der Waals surface area contributed by atoms with Crippen LogP contribution in [0.15, 0.2) is 0 Å². The van der Waals surface area contributed by atoms with Gasteiger partial charge in [0.25, 0.3) is 0 Å². The van der Waals surface area contributed by atoms with Crippen molar-refractivity contribution >= 4 is 5.91 Å². The van der Waals surface area contributed by atoms with Crippen molar-refractivity contribution in [3.8, 4) is 0 Å². The Bertz CT molecular complexity index is 336. The third kappa shape index (κ3) is 3.15. The number of amides is 1. The van der Waals surface area contributed by atoms with Crippen molar-refractivity contribution in [1.29, 1.82) is 0 Å². The normalized spacial score (nSPS) is 35.6. The van der Waals surface area contributed by atoms with Gasteiger partial charge in [-0.2, -0.15) is 0 Å². The summed E-state index contributed by atoms with van der Waals surface area (Å²) in [5, 5.41) is 3.35. The van der Waals surface area contributed by atoms with E-state index < -0.39 is 0 Å². The second-order valence-electron chi connectivity index (χ2n) is 6.46. The van der Waals surface area contributed by atoms with Crippen LogP contribution in [0.1, 0.15) is 26.2 Å². The fourth-order valence-electron chi connectivity index (χ4n) is 3.59. The van der Waals surface area contributed by atoms with E-state index in [1.807, 2.05) is 4.90 Å². The van der Waals surface area contributed by atoms with Crippen LogP contribution < -0.4 is 5.32 Å². The van der Waals surface area contributed by atoms with Crippen LogP contribution in [0.25, 0.3) is 0 Å². The average molecular weight is 281 g/mol. The molecule has 1 amide bonds. The summed E-state index contributed by atoms with van der Waals surface area (Å²) < 4.78 is 5.69. The highest BCUT2D eigenvalue weighted by molar-refractivity contribution is 5.82. The first-order valence-electron chi connectivity index (χ1n) is 8.10. The predicted molar refractivity (Wildman–Crippen MR) is 77.6 cm³/mol. The van der Waals surface area contributed by atoms with Crippen LogP contribution >= 0.6 is 0 Å². The van der Waals surface area contributed by atoms with Gasteiger partial charge in [-0.05, 0) is 31.7 Å². The van der Waals surface area contributed by atoms with Gasteiger partial charge in [0, 0.05) is 39.3 Å². The number of hydrogen-bond donors (Lipinski definition) is 1. The molecule has 0 bridgehead atoms. The molecule has 3 heterocycles. The van der Waals surface area contributed by atoms with Gasteiger partial charge in [0.15, 0.2) is 0 Å². The molecule has 0 aromatic carbocycles. The monoisotopic (exact) mass is 281 g/mol. The molecule has 0 aliphatic carbocycles. The zero-order valence-corrected chi connectivity index (χ0v) is 12.5. The molecule has 3 saturated heterocycles. The third-order valence-electron chi connectivity index (χ3n) is 4.97. The van der Waals surface area contributed by atoms with Crippen LogP contribution in [0, 0.1) is 5.92 Å². The lowest BCUT2D eigenvalue weighted by molar-refractivity contribution is -0.135. The highest BCUT2D eigenvalue weighted by atomic mass is 16.5. The van der Waals surface area contributed by atoms with E-state index in [0.29, 0.717) is 17.9 Å². The van der Waals surface area contributed by atoms with Crippen LogP contribution in [-0.2, 0) is 9.53 Å². The summed E-state index contributed by atoms with van der Waals surface area (Å²) in [6.07, 6.45) is 3.95. The van der Waals surface area contributed by atoms with Crippen molar-refractivity contribution in [2.45, 2.75) is 38.3 Å². The van der Waals surface area contributed by atoms with Crippen LogP contribution in [0.4, 0.5) is 0 Å². The third-order valence-corrected chi connectivity index (χ3v) is 4.97. The molecule has 3 rings (SSSR count). The van der Waals surface area contributed by atoms with Crippen LogP contribution in [0.5, 0.6) is 0 Å². The summed E-state index contributed by atoms with van der Waals surface area (Å²) in [5.41, 5.74) is 0. The van der Waals surface area contributed by atoms with E-state index in [4.69, 9.17) is 4.74 Å². The van der Waals surface area contributed by atoms with Gasteiger partial charge >= 0.3 is 0 Å². The Morgan fingerprint density at radius 3 is 2.65 bits per heavy atom. The minimum Gasteiger partial charge on any atom is -0.377 e. The Morgan fingerprint density at radius 2 is 2.05 bits per heavy atom. The second kappa shape index (κ2) is 6.41. The first-order valence-corrected chi connectivity index (χ1v) is 8.10. The SMILES string of the molecule is CC1CCNC1C(=O)N1CCN(CC2CCCO2)CC1. The van der Waals surface area contributed by atoms with Crippen LogP contribution in [0.3, 0.4) is 0 Å². The lowest BCUT2D eigenvalue weighted by atomic mass is 10.0. The van der Waals surface area contributed by atoms with E-state index in [1.165, 1.54) is 12.8 Å². The highest BCUT2D eigenvalue weighted by Crippen LogP contribution is 2.18. The maximum atomic E-state index is 12.5. The number of carbonyl (C=O) groups is 1. The van der Waals surface area contributed by atoms with Crippen LogP contribution in [0.2, 0.25) is 0 Å². The molecule has 20 heavy (non-hydrogen) atoms. The molecule has 1 N–H and O–H groups in total. The smallest absolute Gasteiger partial charge is 0.240 e. The van der Waals surface area contributed by atoms with Gasteiger partial charge in [-0.3, -0.25) is 9.69 Å². The Hall–Kier alpha value is -0.650. The minimum absolute atomic E-state index is 0.0553. The average Bonchev–Trinajstić information content (AvgIpc) is 3.10. The van der Waals surface area contributed by atoms with E-state index in [-0.39, 0.29) is 6.04 Å². The summed E-state index contributed by atoms with van der Waals surface area (Å²) in [4.78, 5) is 17.0. The molecule has 3 aliphatic rings. The van der Waals surface area contributed by atoms with Gasteiger partial charge in [0.05, 0.1) is 12.1 Å². The van der Waals surface area contributed by atoms with Gasteiger partial charge in [0.2, 0.25) is 5.91 Å². The van der Waals surface area contributed by atoms with Gasteiger partial charge in [0.1, 0.15) is 0 Å². The standard InChI is InChI=1S/C15H27N3O2/c1-12-4-5-16-14(12)15(19)18-8-6-17(7-9-18)11-13-3-2-10-20-13/h12-14,16H,2-11H2,1H3. The van der Waals surface area contributed by atoms with Crippen molar-refractivity contribution in [3.05, 3.63) is 0 Å². The number of carbonyl (C=O) groups excluding carboxylic acids is 1. The molecule has 114 valence electrons. The summed E-state index contributed by atoms with van der Waals surface area (Å²) in [7, 11) is 0. The molecule has 3 fully saturated rings. The van der Waals surface area contributed by atoms with Crippen molar-refractivity contribution in [3.63, 3.8) is 0 Å². The molecular weight excluding hydrogens is 254 g/mol. The molecular formula is C15H27N3O2. The molecule has 0 spiro atoms. The molecule has 3 aliphatic heterocycles. The summed E-state index contributed by atoms with van der Waals surface area (Å²) >= 11 is 0. The fourth-order valence-corrected chi connectivity index (χ4v) is 3.59. The Balaban J connectivity index is 1.44. The van der Waals surface area contributed by atoms with Gasteiger partial charge in [-0.15, -0.1) is 0 Å². The van der Waals surface area contributed by atoms with Crippen molar-refractivity contribution in [1.82, 2.24) is 15.1 Å². The molecule has 3 unspecified atom stereocenters. The Morgan fingerprint density at radius 1 is 1.25 bits per heavy atom. The predicted octanol–water partition coefficient (Wildman–Crippen LogP) is 0.308. The topological polar surface area (TPSA) is 44.8 Å². The van der Waals surface area contributed by atoms with Crippen LogP contribution in [-0.4, -0.2) is 73.7 Å². The maximum absolute atomic E-state index is 12.5. The Labute approximate surface area is 121 Å².